The number of hydrogen-bond acceptors (Lipinski definition) is 7. The lowest BCUT2D eigenvalue weighted by Gasteiger charge is -2.35. The number of thioether (sulfide) groups is 1. The van der Waals surface area contributed by atoms with E-state index in [0.29, 0.717) is 19.8 Å². The van der Waals surface area contributed by atoms with Crippen LogP contribution in [-0.4, -0.2) is 42.4 Å². The van der Waals surface area contributed by atoms with Crippen LogP contribution in [0.5, 0.6) is 0 Å². The van der Waals surface area contributed by atoms with Gasteiger partial charge in [0.1, 0.15) is 23.7 Å². The van der Waals surface area contributed by atoms with Crippen molar-refractivity contribution in [2.24, 2.45) is 0 Å². The van der Waals surface area contributed by atoms with Crippen molar-refractivity contribution in [1.82, 2.24) is 0 Å². The van der Waals surface area contributed by atoms with Crippen LogP contribution >= 0.6 is 11.8 Å². The number of benzene rings is 4. The molecule has 7 heteroatoms. The van der Waals surface area contributed by atoms with Gasteiger partial charge in [-0.1, -0.05) is 121 Å². The number of hydrogen-bond donors (Lipinski definition) is 0. The molecule has 1 fully saturated rings. The normalized spacial score (nSPS) is 22.3. The number of esters is 1. The van der Waals surface area contributed by atoms with E-state index in [2.05, 4.69) is 0 Å². The molecule has 0 bridgehead atoms. The molecule has 0 radical (unpaired) electrons. The van der Waals surface area contributed by atoms with E-state index in [-0.39, 0.29) is 6.61 Å². The topological polar surface area (TPSA) is 63.2 Å². The number of carbonyl (C=O) groups is 1. The maximum Gasteiger partial charge on any atom is 0.303 e. The first-order chi connectivity index (χ1) is 20.7. The highest BCUT2D eigenvalue weighted by atomic mass is 32.2. The van der Waals surface area contributed by atoms with Gasteiger partial charge in [0.2, 0.25) is 0 Å². The summed E-state index contributed by atoms with van der Waals surface area (Å²) in [5, 5.41) is 0. The number of rotatable bonds is 12. The van der Waals surface area contributed by atoms with E-state index in [1.54, 1.807) is 0 Å². The fourth-order valence-corrected chi connectivity index (χ4v) is 5.90. The smallest absolute Gasteiger partial charge is 0.303 e. The summed E-state index contributed by atoms with van der Waals surface area (Å²) in [7, 11) is 0. The zero-order chi connectivity index (χ0) is 29.0. The van der Waals surface area contributed by atoms with Gasteiger partial charge in [0.15, 0.2) is 6.10 Å². The summed E-state index contributed by atoms with van der Waals surface area (Å²) in [5.74, 6) is -0.416. The summed E-state index contributed by atoms with van der Waals surface area (Å²) < 4.78 is 32.3. The summed E-state index contributed by atoms with van der Waals surface area (Å²) >= 11 is 1.50. The van der Waals surface area contributed by atoms with Crippen LogP contribution in [0.4, 0.5) is 0 Å². The maximum atomic E-state index is 12.5. The van der Waals surface area contributed by atoms with Gasteiger partial charge in [0.05, 0.1) is 26.4 Å². The van der Waals surface area contributed by atoms with Gasteiger partial charge in [0, 0.05) is 11.8 Å². The second-order valence-corrected chi connectivity index (χ2v) is 11.2. The first-order valence-electron chi connectivity index (χ1n) is 14.1. The van der Waals surface area contributed by atoms with Crippen molar-refractivity contribution >= 4 is 17.7 Å². The molecule has 0 saturated carbocycles. The molecular weight excluding hydrogens is 548 g/mol. The van der Waals surface area contributed by atoms with E-state index in [4.69, 9.17) is 23.7 Å². The molecule has 0 aromatic heterocycles. The average molecular weight is 585 g/mol. The van der Waals surface area contributed by atoms with Crippen LogP contribution in [0.15, 0.2) is 126 Å². The van der Waals surface area contributed by atoms with Gasteiger partial charge >= 0.3 is 5.97 Å². The van der Waals surface area contributed by atoms with E-state index in [0.717, 1.165) is 21.6 Å². The highest BCUT2D eigenvalue weighted by molar-refractivity contribution is 7.99. The molecule has 5 rings (SSSR count). The quantitative estimate of drug-likeness (QED) is 0.169. The minimum atomic E-state index is -0.762. The van der Waals surface area contributed by atoms with Crippen LogP contribution < -0.4 is 0 Å². The van der Waals surface area contributed by atoms with E-state index in [9.17, 15) is 4.79 Å². The minimum Gasteiger partial charge on any atom is -0.456 e. The van der Waals surface area contributed by atoms with Crippen molar-refractivity contribution in [2.75, 3.05) is 6.61 Å². The molecule has 0 aliphatic carbocycles. The molecule has 0 N–H and O–H groups in total. The van der Waals surface area contributed by atoms with E-state index in [1.807, 2.05) is 121 Å². The lowest BCUT2D eigenvalue weighted by molar-refractivity contribution is -0.185. The second kappa shape index (κ2) is 15.7. The first kappa shape index (κ1) is 30.0. The van der Waals surface area contributed by atoms with Gasteiger partial charge in [-0.25, -0.2) is 0 Å². The molecule has 1 saturated heterocycles. The van der Waals surface area contributed by atoms with Crippen LogP contribution in [-0.2, 0) is 48.3 Å². The molecule has 1 aliphatic heterocycles. The van der Waals surface area contributed by atoms with Crippen LogP contribution in [0.2, 0.25) is 0 Å². The van der Waals surface area contributed by atoms with Crippen molar-refractivity contribution in [3.05, 3.63) is 138 Å². The molecule has 1 aliphatic rings. The Bertz CT molecular complexity index is 1340. The molecule has 218 valence electrons. The third-order valence-corrected chi connectivity index (χ3v) is 8.06. The summed E-state index contributed by atoms with van der Waals surface area (Å²) in [6, 6.07) is 39.8. The monoisotopic (exact) mass is 584 g/mol. The van der Waals surface area contributed by atoms with Crippen molar-refractivity contribution in [2.45, 2.75) is 61.5 Å². The van der Waals surface area contributed by atoms with Gasteiger partial charge in [0.25, 0.3) is 0 Å². The Labute approximate surface area is 251 Å². The van der Waals surface area contributed by atoms with Gasteiger partial charge in [-0.3, -0.25) is 4.79 Å². The standard InChI is InChI=1S/C35H36O6S/c1-26(36)41-34-33(39-24-29-18-10-4-11-19-29)32(38-23-28-16-8-3-9-17-28)31(37-22-27-14-6-2-7-15-27)25-40-35(34)42-30-20-12-5-13-21-30/h2-21,31-35H,22-25H2,1H3/t31-,32+,33-,34+,35-/m1/s1. The molecule has 42 heavy (non-hydrogen) atoms. The lowest BCUT2D eigenvalue weighted by atomic mass is 10.0. The third kappa shape index (κ3) is 8.77. The fourth-order valence-electron chi connectivity index (χ4n) is 4.83. The Kier molecular flexibility index (Phi) is 11.2. The summed E-state index contributed by atoms with van der Waals surface area (Å²) in [4.78, 5) is 13.5. The Hall–Kier alpha value is -3.46. The Morgan fingerprint density at radius 2 is 1.10 bits per heavy atom. The first-order valence-corrected chi connectivity index (χ1v) is 15.0. The van der Waals surface area contributed by atoms with Crippen molar-refractivity contribution in [3.63, 3.8) is 0 Å². The van der Waals surface area contributed by atoms with Gasteiger partial charge in [-0.05, 0) is 28.8 Å². The zero-order valence-corrected chi connectivity index (χ0v) is 24.4. The molecule has 4 aromatic rings. The number of ether oxygens (including phenoxy) is 5. The molecule has 0 spiro atoms. The van der Waals surface area contributed by atoms with E-state index < -0.39 is 35.8 Å². The Morgan fingerprint density at radius 1 is 0.643 bits per heavy atom. The predicted molar refractivity (Wildman–Crippen MR) is 163 cm³/mol. The molecule has 0 amide bonds. The molecule has 4 aromatic carbocycles. The summed E-state index contributed by atoms with van der Waals surface area (Å²) in [6.07, 6.45) is -2.53. The van der Waals surface area contributed by atoms with Crippen molar-refractivity contribution < 1.29 is 28.5 Å². The zero-order valence-electron chi connectivity index (χ0n) is 23.6. The van der Waals surface area contributed by atoms with Gasteiger partial charge in [-0.2, -0.15) is 0 Å². The SMILES string of the molecule is CC(=O)O[C@H]1[C@H](OCc2ccccc2)[C@@H](OCc2ccccc2)[C@H](OCc2ccccc2)CO[C@@H]1Sc1ccccc1. The number of carbonyl (C=O) groups excluding carboxylic acids is 1. The van der Waals surface area contributed by atoms with Crippen LogP contribution in [0.25, 0.3) is 0 Å². The van der Waals surface area contributed by atoms with Crippen LogP contribution in [0, 0.1) is 0 Å². The second-order valence-electron chi connectivity index (χ2n) is 10.1. The summed E-state index contributed by atoms with van der Waals surface area (Å²) in [5.41, 5.74) is 2.51. The van der Waals surface area contributed by atoms with Gasteiger partial charge in [-0.15, -0.1) is 0 Å². The maximum absolute atomic E-state index is 12.5. The fraction of sp³-hybridized carbons (Fsp3) is 0.286. The van der Waals surface area contributed by atoms with Crippen molar-refractivity contribution in [1.29, 1.82) is 0 Å². The van der Waals surface area contributed by atoms with Crippen LogP contribution in [0.1, 0.15) is 23.6 Å². The largest absolute Gasteiger partial charge is 0.456 e. The molecule has 1 heterocycles. The van der Waals surface area contributed by atoms with E-state index in [1.165, 1.54) is 18.7 Å². The minimum absolute atomic E-state index is 0.236. The molecule has 0 unspecified atom stereocenters. The molecule has 6 nitrogen and oxygen atoms in total. The van der Waals surface area contributed by atoms with Crippen LogP contribution in [0.3, 0.4) is 0 Å². The lowest BCUT2D eigenvalue weighted by Crippen LogP contribution is -2.50. The predicted octanol–water partition coefficient (Wildman–Crippen LogP) is 6.82. The molecule has 5 atom stereocenters. The average Bonchev–Trinajstić information content (AvgIpc) is 3.16. The van der Waals surface area contributed by atoms with Crippen molar-refractivity contribution in [3.8, 4) is 0 Å². The Balaban J connectivity index is 1.48. The third-order valence-electron chi connectivity index (χ3n) is 6.88. The van der Waals surface area contributed by atoms with Gasteiger partial charge < -0.3 is 23.7 Å². The molecular formula is C35H36O6S. The highest BCUT2D eigenvalue weighted by Gasteiger charge is 2.47. The highest BCUT2D eigenvalue weighted by Crippen LogP contribution is 2.35. The Morgan fingerprint density at radius 3 is 1.60 bits per heavy atom. The van der Waals surface area contributed by atoms with E-state index >= 15 is 0 Å². The summed E-state index contributed by atoms with van der Waals surface area (Å²) in [6.45, 7) is 2.67.